The SMILES string of the molecule is C[C@@H](NC(=O)OCc1ccccc1)C(=O)S[C@H](C(=O)O)c1ccccc1. The fraction of sp³-hybridized carbons (Fsp3) is 0.211. The number of carbonyl (C=O) groups excluding carboxylic acids is 2. The molecule has 2 N–H and O–H groups in total. The molecule has 2 aromatic rings. The molecule has 7 heteroatoms. The molecule has 0 heterocycles. The second-order valence-electron chi connectivity index (χ2n) is 5.49. The van der Waals surface area contributed by atoms with Crippen molar-refractivity contribution in [1.82, 2.24) is 5.32 Å². The molecule has 1 amide bonds. The van der Waals surface area contributed by atoms with E-state index in [1.54, 1.807) is 30.3 Å². The zero-order chi connectivity index (χ0) is 18.9. The zero-order valence-electron chi connectivity index (χ0n) is 14.1. The van der Waals surface area contributed by atoms with E-state index in [0.29, 0.717) is 17.3 Å². The van der Waals surface area contributed by atoms with Gasteiger partial charge in [0.2, 0.25) is 5.12 Å². The first-order chi connectivity index (χ1) is 12.5. The van der Waals surface area contributed by atoms with E-state index in [4.69, 9.17) is 4.74 Å². The van der Waals surface area contributed by atoms with Crippen LogP contribution < -0.4 is 5.32 Å². The van der Waals surface area contributed by atoms with E-state index >= 15 is 0 Å². The predicted molar refractivity (Wildman–Crippen MR) is 98.6 cm³/mol. The summed E-state index contributed by atoms with van der Waals surface area (Å²) in [5.41, 5.74) is 1.34. The van der Waals surface area contributed by atoms with E-state index in [9.17, 15) is 19.5 Å². The first-order valence-corrected chi connectivity index (χ1v) is 8.81. The van der Waals surface area contributed by atoms with Crippen molar-refractivity contribution in [2.75, 3.05) is 0 Å². The Kier molecular flexibility index (Phi) is 7.23. The van der Waals surface area contributed by atoms with Gasteiger partial charge >= 0.3 is 12.1 Å². The molecular formula is C19H19NO5S. The molecule has 0 aliphatic carbocycles. The van der Waals surface area contributed by atoms with Gasteiger partial charge in [-0.2, -0.15) is 0 Å². The quantitative estimate of drug-likeness (QED) is 0.773. The van der Waals surface area contributed by atoms with Crippen molar-refractivity contribution in [1.29, 1.82) is 0 Å². The van der Waals surface area contributed by atoms with E-state index in [2.05, 4.69) is 5.32 Å². The summed E-state index contributed by atoms with van der Waals surface area (Å²) in [6.45, 7) is 1.57. The number of aliphatic carboxylic acids is 1. The Morgan fingerprint density at radius 1 is 1.04 bits per heavy atom. The fourth-order valence-corrected chi connectivity index (χ4v) is 3.00. The van der Waals surface area contributed by atoms with E-state index in [1.807, 2.05) is 30.3 Å². The maximum atomic E-state index is 12.3. The van der Waals surface area contributed by atoms with Gasteiger partial charge < -0.3 is 15.2 Å². The van der Waals surface area contributed by atoms with Crippen molar-refractivity contribution >= 4 is 28.9 Å². The topological polar surface area (TPSA) is 92.7 Å². The third-order valence-corrected chi connectivity index (χ3v) is 4.76. The molecule has 6 nitrogen and oxygen atoms in total. The average Bonchev–Trinajstić information content (AvgIpc) is 2.65. The van der Waals surface area contributed by atoms with Crippen LogP contribution in [-0.2, 0) is 20.9 Å². The van der Waals surface area contributed by atoms with Crippen LogP contribution in [0.4, 0.5) is 4.79 Å². The fourth-order valence-electron chi connectivity index (χ4n) is 2.11. The zero-order valence-corrected chi connectivity index (χ0v) is 14.9. The Balaban J connectivity index is 1.87. The van der Waals surface area contributed by atoms with Gasteiger partial charge in [-0.1, -0.05) is 72.4 Å². The molecule has 0 aliphatic heterocycles. The lowest BCUT2D eigenvalue weighted by molar-refractivity contribution is -0.136. The summed E-state index contributed by atoms with van der Waals surface area (Å²) in [6.07, 6.45) is -0.734. The molecule has 2 aromatic carbocycles. The summed E-state index contributed by atoms with van der Waals surface area (Å²) in [5, 5.41) is 10.3. The smallest absolute Gasteiger partial charge is 0.408 e. The van der Waals surface area contributed by atoms with Crippen LogP contribution >= 0.6 is 11.8 Å². The van der Waals surface area contributed by atoms with Crippen LogP contribution in [-0.4, -0.2) is 28.3 Å². The number of carbonyl (C=O) groups is 3. The number of amides is 1. The summed E-state index contributed by atoms with van der Waals surface area (Å²) in [6, 6.07) is 16.7. The second kappa shape index (κ2) is 9.62. The summed E-state index contributed by atoms with van der Waals surface area (Å²) in [4.78, 5) is 35.5. The highest BCUT2D eigenvalue weighted by atomic mass is 32.2. The van der Waals surface area contributed by atoms with Gasteiger partial charge in [-0.25, -0.2) is 4.79 Å². The van der Waals surface area contributed by atoms with Gasteiger partial charge in [0.1, 0.15) is 11.9 Å². The predicted octanol–water partition coefficient (Wildman–Crippen LogP) is 3.39. The van der Waals surface area contributed by atoms with Crippen molar-refractivity contribution in [2.24, 2.45) is 0 Å². The van der Waals surface area contributed by atoms with Crippen molar-refractivity contribution in [2.45, 2.75) is 24.8 Å². The molecule has 2 rings (SSSR count). The Morgan fingerprint density at radius 2 is 1.62 bits per heavy atom. The molecule has 0 spiro atoms. The first-order valence-electron chi connectivity index (χ1n) is 7.93. The van der Waals surface area contributed by atoms with E-state index < -0.39 is 28.5 Å². The van der Waals surface area contributed by atoms with Crippen LogP contribution in [0.25, 0.3) is 0 Å². The molecular weight excluding hydrogens is 354 g/mol. The molecule has 0 saturated heterocycles. The number of hydrogen-bond donors (Lipinski definition) is 2. The lowest BCUT2D eigenvalue weighted by atomic mass is 10.1. The van der Waals surface area contributed by atoms with Gasteiger partial charge in [-0.05, 0) is 18.1 Å². The van der Waals surface area contributed by atoms with Crippen molar-refractivity contribution < 1.29 is 24.2 Å². The lowest BCUT2D eigenvalue weighted by Gasteiger charge is -2.16. The maximum absolute atomic E-state index is 12.3. The average molecular weight is 373 g/mol. The van der Waals surface area contributed by atoms with Crippen LogP contribution in [0.5, 0.6) is 0 Å². The number of hydrogen-bond acceptors (Lipinski definition) is 5. The summed E-state index contributed by atoms with van der Waals surface area (Å²) in [5.74, 6) is -1.12. The number of benzene rings is 2. The summed E-state index contributed by atoms with van der Waals surface area (Å²) < 4.78 is 5.06. The maximum Gasteiger partial charge on any atom is 0.408 e. The van der Waals surface area contributed by atoms with Gasteiger partial charge in [-0.15, -0.1) is 0 Å². The molecule has 0 saturated carbocycles. The normalized spacial score (nSPS) is 12.7. The summed E-state index contributed by atoms with van der Waals surface area (Å²) >= 11 is 0.662. The number of carboxylic acids is 1. The van der Waals surface area contributed by atoms with Crippen LogP contribution in [0.2, 0.25) is 0 Å². The molecule has 0 aliphatic rings. The minimum Gasteiger partial charge on any atom is -0.480 e. The Bertz CT molecular complexity index is 751. The van der Waals surface area contributed by atoms with Crippen LogP contribution in [0.15, 0.2) is 60.7 Å². The van der Waals surface area contributed by atoms with Gasteiger partial charge in [0.05, 0.1) is 6.04 Å². The van der Waals surface area contributed by atoms with Crippen LogP contribution in [0.1, 0.15) is 23.3 Å². The number of thioether (sulfide) groups is 1. The van der Waals surface area contributed by atoms with Crippen LogP contribution in [0.3, 0.4) is 0 Å². The molecule has 0 radical (unpaired) electrons. The third-order valence-electron chi connectivity index (χ3n) is 3.46. The number of alkyl carbamates (subject to hydrolysis) is 1. The van der Waals surface area contributed by atoms with Gasteiger partial charge in [0.25, 0.3) is 0 Å². The molecule has 136 valence electrons. The van der Waals surface area contributed by atoms with Gasteiger partial charge in [-0.3, -0.25) is 9.59 Å². The minimum atomic E-state index is -1.12. The Labute approximate surface area is 155 Å². The van der Waals surface area contributed by atoms with Crippen molar-refractivity contribution in [3.63, 3.8) is 0 Å². The number of carboxylic acid groups (broad SMARTS) is 1. The third kappa shape index (κ3) is 5.93. The minimum absolute atomic E-state index is 0.0858. The largest absolute Gasteiger partial charge is 0.480 e. The molecule has 2 atom stereocenters. The van der Waals surface area contributed by atoms with E-state index in [0.717, 1.165) is 5.56 Å². The standard InChI is InChI=1S/C19H19NO5S/c1-13(20-19(24)25-12-14-8-4-2-5-9-14)18(23)26-16(17(21)22)15-10-6-3-7-11-15/h2-11,13,16H,12H2,1H3,(H,20,24)(H,21,22)/t13-,16+/m1/s1. The first kappa shape index (κ1) is 19.5. The second-order valence-corrected chi connectivity index (χ2v) is 6.60. The summed E-state index contributed by atoms with van der Waals surface area (Å²) in [7, 11) is 0. The number of nitrogens with one attached hydrogen (secondary N) is 1. The van der Waals surface area contributed by atoms with Crippen molar-refractivity contribution in [3.05, 3.63) is 71.8 Å². The highest BCUT2D eigenvalue weighted by Crippen LogP contribution is 2.30. The van der Waals surface area contributed by atoms with Gasteiger partial charge in [0, 0.05) is 0 Å². The molecule has 0 aromatic heterocycles. The monoisotopic (exact) mass is 373 g/mol. The molecule has 0 fully saturated rings. The molecule has 0 unspecified atom stereocenters. The van der Waals surface area contributed by atoms with E-state index in [1.165, 1.54) is 6.92 Å². The highest BCUT2D eigenvalue weighted by molar-refractivity contribution is 8.14. The number of ether oxygens (including phenoxy) is 1. The molecule has 0 bridgehead atoms. The molecule has 26 heavy (non-hydrogen) atoms. The van der Waals surface area contributed by atoms with Crippen molar-refractivity contribution in [3.8, 4) is 0 Å². The van der Waals surface area contributed by atoms with Crippen LogP contribution in [0, 0.1) is 0 Å². The lowest BCUT2D eigenvalue weighted by Crippen LogP contribution is -2.38. The van der Waals surface area contributed by atoms with Gasteiger partial charge in [0.15, 0.2) is 0 Å². The Hall–Kier alpha value is -2.80. The van der Waals surface area contributed by atoms with E-state index in [-0.39, 0.29) is 6.61 Å². The highest BCUT2D eigenvalue weighted by Gasteiger charge is 2.27. The Morgan fingerprint density at radius 3 is 2.19 bits per heavy atom. The number of rotatable bonds is 7.